The monoisotopic (exact) mass is 334 g/mol. The average Bonchev–Trinajstić information content (AvgIpc) is 2.52. The van der Waals surface area contributed by atoms with Crippen LogP contribution in [-0.2, 0) is 19.1 Å². The number of esters is 2. The van der Waals surface area contributed by atoms with Gasteiger partial charge in [-0.2, -0.15) is 0 Å². The molecule has 0 aromatic rings. The minimum Gasteiger partial charge on any atom is -0.457 e. The molecule has 0 amide bonds. The van der Waals surface area contributed by atoms with Crippen LogP contribution in [0.3, 0.4) is 0 Å². The van der Waals surface area contributed by atoms with Gasteiger partial charge in [-0.15, -0.1) is 0 Å². The molecule has 4 unspecified atom stereocenters. The van der Waals surface area contributed by atoms with Crippen molar-refractivity contribution in [1.82, 2.24) is 0 Å². The van der Waals surface area contributed by atoms with E-state index < -0.39 is 11.9 Å². The van der Waals surface area contributed by atoms with Crippen LogP contribution in [-0.4, -0.2) is 25.2 Å². The van der Waals surface area contributed by atoms with Gasteiger partial charge in [-0.05, 0) is 63.2 Å². The third kappa shape index (κ3) is 5.22. The molecule has 0 bridgehead atoms. The van der Waals surface area contributed by atoms with Crippen molar-refractivity contribution in [2.75, 3.05) is 13.2 Å². The molecule has 134 valence electrons. The first-order valence-corrected chi connectivity index (χ1v) is 9.05. The van der Waals surface area contributed by atoms with Crippen LogP contribution in [0.15, 0.2) is 23.3 Å². The number of allylic oxidation sites excluding steroid dienone is 4. The first-order chi connectivity index (χ1) is 11.4. The maximum absolute atomic E-state index is 11.8. The summed E-state index contributed by atoms with van der Waals surface area (Å²) in [5, 5.41) is 0. The Bertz CT molecular complexity index is 484. The van der Waals surface area contributed by atoms with Crippen LogP contribution in [0.4, 0.5) is 0 Å². The summed E-state index contributed by atoms with van der Waals surface area (Å²) < 4.78 is 10.4. The van der Waals surface area contributed by atoms with Gasteiger partial charge in [-0.25, -0.2) is 9.59 Å². The fourth-order valence-corrected chi connectivity index (χ4v) is 3.64. The molecule has 0 spiro atoms. The Hall–Kier alpha value is -1.58. The molecule has 4 atom stereocenters. The van der Waals surface area contributed by atoms with Gasteiger partial charge in [0.1, 0.15) is 0 Å². The molecule has 0 aromatic heterocycles. The highest BCUT2D eigenvalue weighted by molar-refractivity contribution is 6.29. The van der Waals surface area contributed by atoms with E-state index in [9.17, 15) is 9.59 Å². The van der Waals surface area contributed by atoms with Crippen LogP contribution < -0.4 is 0 Å². The molecule has 24 heavy (non-hydrogen) atoms. The highest BCUT2D eigenvalue weighted by atomic mass is 16.6. The maximum Gasteiger partial charge on any atom is 0.417 e. The van der Waals surface area contributed by atoms with Gasteiger partial charge in [0.2, 0.25) is 0 Å². The van der Waals surface area contributed by atoms with E-state index in [1.165, 1.54) is 11.1 Å². The summed E-state index contributed by atoms with van der Waals surface area (Å²) in [7, 11) is 0. The van der Waals surface area contributed by atoms with Crippen LogP contribution in [0.1, 0.15) is 53.4 Å². The van der Waals surface area contributed by atoms with Gasteiger partial charge in [0.15, 0.2) is 0 Å². The zero-order chi connectivity index (χ0) is 17.7. The van der Waals surface area contributed by atoms with E-state index in [1.54, 1.807) is 0 Å². The van der Waals surface area contributed by atoms with Crippen molar-refractivity contribution < 1.29 is 19.1 Å². The fourth-order valence-electron chi connectivity index (χ4n) is 3.64. The number of carbonyl (C=O) groups excluding carboxylic acids is 2. The van der Waals surface area contributed by atoms with Crippen LogP contribution >= 0.6 is 0 Å². The Morgan fingerprint density at radius 1 is 0.875 bits per heavy atom. The van der Waals surface area contributed by atoms with E-state index in [-0.39, 0.29) is 11.8 Å². The quantitative estimate of drug-likeness (QED) is 0.442. The van der Waals surface area contributed by atoms with Crippen molar-refractivity contribution in [1.29, 1.82) is 0 Å². The van der Waals surface area contributed by atoms with Crippen molar-refractivity contribution >= 4 is 11.9 Å². The molecule has 2 aliphatic rings. The predicted molar refractivity (Wildman–Crippen MR) is 93.2 cm³/mol. The highest BCUT2D eigenvalue weighted by Crippen LogP contribution is 2.29. The Morgan fingerprint density at radius 2 is 1.25 bits per heavy atom. The Balaban J connectivity index is 1.72. The summed E-state index contributed by atoms with van der Waals surface area (Å²) in [6.45, 7) is 9.08. The smallest absolute Gasteiger partial charge is 0.417 e. The summed E-state index contributed by atoms with van der Waals surface area (Å²) in [6, 6.07) is 0. The number of ether oxygens (including phenoxy) is 2. The molecule has 0 aliphatic heterocycles. The van der Waals surface area contributed by atoms with Crippen LogP contribution in [0.25, 0.3) is 0 Å². The Morgan fingerprint density at radius 3 is 1.58 bits per heavy atom. The molecule has 0 radical (unpaired) electrons. The fraction of sp³-hybridized carbons (Fsp3) is 0.700. The molecule has 4 heteroatoms. The van der Waals surface area contributed by atoms with Gasteiger partial charge in [-0.1, -0.05) is 37.1 Å². The van der Waals surface area contributed by atoms with Gasteiger partial charge in [0.05, 0.1) is 13.2 Å². The highest BCUT2D eigenvalue weighted by Gasteiger charge is 2.26. The molecule has 0 N–H and O–H groups in total. The third-order valence-electron chi connectivity index (χ3n) is 5.42. The number of hydrogen-bond donors (Lipinski definition) is 0. The lowest BCUT2D eigenvalue weighted by Crippen LogP contribution is -2.29. The molecule has 0 aromatic carbocycles. The minimum absolute atomic E-state index is 0.289. The zero-order valence-electron chi connectivity index (χ0n) is 15.3. The van der Waals surface area contributed by atoms with Gasteiger partial charge in [0.25, 0.3) is 0 Å². The summed E-state index contributed by atoms with van der Waals surface area (Å²) >= 11 is 0. The van der Waals surface area contributed by atoms with E-state index in [4.69, 9.17) is 9.47 Å². The normalized spacial score (nSPS) is 30.2. The predicted octanol–water partition coefficient (Wildman–Crippen LogP) is 4.06. The van der Waals surface area contributed by atoms with Gasteiger partial charge < -0.3 is 9.47 Å². The van der Waals surface area contributed by atoms with Crippen molar-refractivity contribution in [2.24, 2.45) is 23.7 Å². The number of hydrogen-bond acceptors (Lipinski definition) is 4. The SMILES string of the molecule is CC1=CC(C)C(COC(=O)C(=O)OCC2CCC(C)=CC2C)CC1. The van der Waals surface area contributed by atoms with Crippen LogP contribution in [0.2, 0.25) is 0 Å². The lowest BCUT2D eigenvalue weighted by molar-refractivity contribution is -0.169. The van der Waals surface area contributed by atoms with Crippen LogP contribution in [0, 0.1) is 23.7 Å². The third-order valence-corrected chi connectivity index (χ3v) is 5.42. The second-order valence-corrected chi connectivity index (χ2v) is 7.54. The molecule has 0 saturated carbocycles. The average molecular weight is 334 g/mol. The number of rotatable bonds is 4. The van der Waals surface area contributed by atoms with E-state index in [0.29, 0.717) is 25.0 Å². The van der Waals surface area contributed by atoms with E-state index in [0.717, 1.165) is 25.7 Å². The lowest BCUT2D eigenvalue weighted by Gasteiger charge is -2.27. The maximum atomic E-state index is 11.8. The Labute approximate surface area is 145 Å². The van der Waals surface area contributed by atoms with Crippen molar-refractivity contribution in [2.45, 2.75) is 53.4 Å². The molecular weight excluding hydrogens is 304 g/mol. The van der Waals surface area contributed by atoms with E-state index in [2.05, 4.69) is 39.8 Å². The zero-order valence-corrected chi connectivity index (χ0v) is 15.3. The van der Waals surface area contributed by atoms with Gasteiger partial charge >= 0.3 is 11.9 Å². The summed E-state index contributed by atoms with van der Waals surface area (Å²) in [6.07, 6.45) is 8.50. The van der Waals surface area contributed by atoms with Gasteiger partial charge in [-0.3, -0.25) is 0 Å². The summed E-state index contributed by atoms with van der Waals surface area (Å²) in [4.78, 5) is 23.7. The first kappa shape index (κ1) is 18.8. The van der Waals surface area contributed by atoms with Crippen molar-refractivity contribution in [3.63, 3.8) is 0 Å². The minimum atomic E-state index is -0.858. The van der Waals surface area contributed by atoms with Gasteiger partial charge in [0, 0.05) is 0 Å². The largest absolute Gasteiger partial charge is 0.457 e. The summed E-state index contributed by atoms with van der Waals surface area (Å²) in [5.74, 6) is -0.387. The second-order valence-electron chi connectivity index (χ2n) is 7.54. The van der Waals surface area contributed by atoms with Crippen molar-refractivity contribution in [3.05, 3.63) is 23.3 Å². The first-order valence-electron chi connectivity index (χ1n) is 9.05. The van der Waals surface area contributed by atoms with E-state index >= 15 is 0 Å². The van der Waals surface area contributed by atoms with E-state index in [1.807, 2.05) is 0 Å². The van der Waals surface area contributed by atoms with Crippen LogP contribution in [0.5, 0.6) is 0 Å². The Kier molecular flexibility index (Phi) is 6.64. The second kappa shape index (κ2) is 8.50. The molecule has 0 heterocycles. The number of carbonyl (C=O) groups is 2. The molecular formula is C20H30O4. The molecule has 2 aliphatic carbocycles. The molecule has 0 saturated heterocycles. The molecule has 2 rings (SSSR count). The topological polar surface area (TPSA) is 52.6 Å². The lowest BCUT2D eigenvalue weighted by atomic mass is 9.83. The van der Waals surface area contributed by atoms with Crippen molar-refractivity contribution in [3.8, 4) is 0 Å². The molecule has 4 nitrogen and oxygen atoms in total. The molecule has 0 fully saturated rings. The standard InChI is InChI=1S/C20H30O4/c1-13-5-7-17(15(3)9-13)11-23-19(21)20(22)24-12-18-8-6-14(2)10-16(18)4/h9-10,15-18H,5-8,11-12H2,1-4H3. The summed E-state index contributed by atoms with van der Waals surface area (Å²) in [5.41, 5.74) is 2.77.